The van der Waals surface area contributed by atoms with E-state index in [1.807, 2.05) is 70.5 Å². The minimum atomic E-state index is -1.84. The lowest BCUT2D eigenvalue weighted by atomic mass is 9.54. The standard InChI is InChI=1S/C34H33N5O5/c1-43-31(41)33-22-38(20-24-12-4-3-5-13-24)23-34(30(33)40,32(42)44-2)29(27-16-8-11-19-37-27)39(21-25-14-6-9-17-35-25)28(33)26-15-7-10-18-36-26/h3-19,28-29H,20-23H2,1-2H3. The molecular weight excluding hydrogens is 558 g/mol. The summed E-state index contributed by atoms with van der Waals surface area (Å²) in [5, 5.41) is 0. The van der Waals surface area contributed by atoms with Crippen LogP contribution >= 0.6 is 0 Å². The molecule has 10 nitrogen and oxygen atoms in total. The Morgan fingerprint density at radius 1 is 0.705 bits per heavy atom. The van der Waals surface area contributed by atoms with E-state index in [9.17, 15) is 9.59 Å². The number of pyridine rings is 3. The normalized spacial score (nSPS) is 25.3. The highest BCUT2D eigenvalue weighted by Gasteiger charge is 2.75. The number of hydrogen-bond donors (Lipinski definition) is 0. The van der Waals surface area contributed by atoms with E-state index in [1.165, 1.54) is 14.2 Å². The maximum absolute atomic E-state index is 15.3. The van der Waals surface area contributed by atoms with E-state index < -0.39 is 40.6 Å². The highest BCUT2D eigenvalue weighted by Crippen LogP contribution is 2.61. The fraction of sp³-hybridized carbons (Fsp3) is 0.294. The van der Waals surface area contributed by atoms with Crippen LogP contribution in [-0.4, -0.2) is 69.8 Å². The molecule has 0 N–H and O–H groups in total. The second-order valence-electron chi connectivity index (χ2n) is 11.2. The first-order chi connectivity index (χ1) is 21.5. The molecule has 0 amide bonds. The monoisotopic (exact) mass is 591 g/mol. The first-order valence-corrected chi connectivity index (χ1v) is 14.4. The fourth-order valence-corrected chi connectivity index (χ4v) is 7.08. The minimum Gasteiger partial charge on any atom is -0.468 e. The van der Waals surface area contributed by atoms with Gasteiger partial charge in [-0.15, -0.1) is 0 Å². The molecule has 4 aromatic rings. The van der Waals surface area contributed by atoms with E-state index in [1.54, 1.807) is 42.9 Å². The lowest BCUT2D eigenvalue weighted by Gasteiger charge is -2.61. The van der Waals surface area contributed by atoms with Gasteiger partial charge in [0.1, 0.15) is 0 Å². The second-order valence-corrected chi connectivity index (χ2v) is 11.2. The molecule has 6 rings (SSSR count). The van der Waals surface area contributed by atoms with Crippen LogP contribution in [0.4, 0.5) is 0 Å². The molecule has 2 aliphatic heterocycles. The van der Waals surface area contributed by atoms with Crippen molar-refractivity contribution in [2.75, 3.05) is 27.3 Å². The maximum atomic E-state index is 15.3. The van der Waals surface area contributed by atoms with Crippen molar-refractivity contribution in [3.8, 4) is 0 Å². The predicted octanol–water partition coefficient (Wildman–Crippen LogP) is 3.57. The highest BCUT2D eigenvalue weighted by molar-refractivity contribution is 6.17. The van der Waals surface area contributed by atoms with Gasteiger partial charge >= 0.3 is 11.9 Å². The quantitative estimate of drug-likeness (QED) is 0.223. The SMILES string of the molecule is COC(=O)C12CN(Cc3ccccc3)CC(C(=O)OC)(C1=O)C(c1ccccn1)N(Cc1ccccn1)C2c1ccccn1. The average molecular weight is 592 g/mol. The van der Waals surface area contributed by atoms with Gasteiger partial charge in [-0.1, -0.05) is 48.5 Å². The van der Waals surface area contributed by atoms with Crippen LogP contribution in [0.2, 0.25) is 0 Å². The molecule has 2 fully saturated rings. The van der Waals surface area contributed by atoms with Gasteiger partial charge in [-0.2, -0.15) is 0 Å². The topological polar surface area (TPSA) is 115 Å². The van der Waals surface area contributed by atoms with Gasteiger partial charge in [0.25, 0.3) is 0 Å². The zero-order valence-electron chi connectivity index (χ0n) is 24.6. The second kappa shape index (κ2) is 12.1. The molecule has 2 saturated heterocycles. The summed E-state index contributed by atoms with van der Waals surface area (Å²) >= 11 is 0. The Morgan fingerprint density at radius 2 is 1.20 bits per heavy atom. The lowest BCUT2D eigenvalue weighted by molar-refractivity contribution is -0.207. The largest absolute Gasteiger partial charge is 0.468 e. The third-order valence-corrected chi connectivity index (χ3v) is 8.71. The van der Waals surface area contributed by atoms with Gasteiger partial charge in [0.15, 0.2) is 16.6 Å². The van der Waals surface area contributed by atoms with Gasteiger partial charge in [0.05, 0.1) is 43.4 Å². The number of hydrogen-bond acceptors (Lipinski definition) is 10. The number of Topliss-reactive ketones (excluding diaryl/α,β-unsaturated/α-hetero) is 1. The molecule has 2 bridgehead atoms. The van der Waals surface area contributed by atoms with Crippen molar-refractivity contribution in [2.24, 2.45) is 10.8 Å². The molecule has 1 aromatic carbocycles. The van der Waals surface area contributed by atoms with Crippen LogP contribution in [0, 0.1) is 10.8 Å². The Hall–Kier alpha value is -4.80. The predicted molar refractivity (Wildman–Crippen MR) is 159 cm³/mol. The number of fused-ring (bicyclic) bond motifs is 2. The molecule has 4 atom stereocenters. The van der Waals surface area contributed by atoms with Gasteiger partial charge < -0.3 is 9.47 Å². The maximum Gasteiger partial charge on any atom is 0.322 e. The van der Waals surface area contributed by atoms with Gasteiger partial charge in [-0.3, -0.25) is 39.1 Å². The fourth-order valence-electron chi connectivity index (χ4n) is 7.08. The van der Waals surface area contributed by atoms with E-state index >= 15 is 4.79 Å². The van der Waals surface area contributed by atoms with Crippen LogP contribution in [0.25, 0.3) is 0 Å². The van der Waals surface area contributed by atoms with Crippen molar-refractivity contribution in [3.05, 3.63) is 126 Å². The van der Waals surface area contributed by atoms with E-state index in [0.717, 1.165) is 5.56 Å². The molecule has 10 heteroatoms. The average Bonchev–Trinajstić information content (AvgIpc) is 3.07. The lowest BCUT2D eigenvalue weighted by Crippen LogP contribution is -2.75. The summed E-state index contributed by atoms with van der Waals surface area (Å²) in [7, 11) is 2.54. The van der Waals surface area contributed by atoms with Gasteiger partial charge in [-0.25, -0.2) is 0 Å². The summed E-state index contributed by atoms with van der Waals surface area (Å²) in [5.74, 6) is -2.04. The summed E-state index contributed by atoms with van der Waals surface area (Å²) in [5.41, 5.74) is -1.06. The number of esters is 2. The van der Waals surface area contributed by atoms with Crippen molar-refractivity contribution in [1.29, 1.82) is 0 Å². The number of carbonyl (C=O) groups is 3. The Bertz CT molecular complexity index is 1550. The molecule has 44 heavy (non-hydrogen) atoms. The molecule has 0 radical (unpaired) electrons. The molecular formula is C34H33N5O5. The third kappa shape index (κ3) is 4.76. The number of likely N-dealkylation sites (tertiary alicyclic amines) is 2. The number of piperidine rings is 2. The van der Waals surface area contributed by atoms with Crippen LogP contribution in [0.1, 0.15) is 34.7 Å². The molecule has 3 aromatic heterocycles. The number of ether oxygens (including phenoxy) is 2. The number of nitrogens with zero attached hydrogens (tertiary/aromatic N) is 5. The van der Waals surface area contributed by atoms with Gasteiger partial charge in [0, 0.05) is 44.8 Å². The number of benzene rings is 1. The smallest absolute Gasteiger partial charge is 0.322 e. The molecule has 0 saturated carbocycles. The first kappa shape index (κ1) is 29.3. The number of rotatable bonds is 8. The summed E-state index contributed by atoms with van der Waals surface area (Å²) < 4.78 is 10.9. The Kier molecular flexibility index (Phi) is 8.03. The Morgan fingerprint density at radius 3 is 1.66 bits per heavy atom. The van der Waals surface area contributed by atoms with Gasteiger partial charge in [-0.05, 0) is 42.0 Å². The summed E-state index contributed by atoms with van der Waals surface area (Å²) in [6, 6.07) is 24.2. The number of aromatic nitrogens is 3. The molecule has 0 aliphatic carbocycles. The van der Waals surface area contributed by atoms with Crippen molar-refractivity contribution in [1.82, 2.24) is 24.8 Å². The van der Waals surface area contributed by atoms with E-state index in [2.05, 4.69) is 15.0 Å². The molecule has 224 valence electrons. The van der Waals surface area contributed by atoms with Crippen molar-refractivity contribution in [3.63, 3.8) is 0 Å². The molecule has 0 spiro atoms. The third-order valence-electron chi connectivity index (χ3n) is 8.71. The first-order valence-electron chi connectivity index (χ1n) is 14.4. The molecule has 5 heterocycles. The number of carbonyl (C=O) groups excluding carboxylic acids is 3. The van der Waals surface area contributed by atoms with E-state index in [-0.39, 0.29) is 19.6 Å². The number of methoxy groups -OCH3 is 2. The minimum absolute atomic E-state index is 0.00103. The molecule has 4 unspecified atom stereocenters. The Balaban J connectivity index is 1.67. The summed E-state index contributed by atoms with van der Waals surface area (Å²) in [6.45, 7) is 0.574. The summed E-state index contributed by atoms with van der Waals surface area (Å²) in [6.07, 6.45) is 4.95. The van der Waals surface area contributed by atoms with Crippen LogP contribution in [-0.2, 0) is 36.9 Å². The van der Waals surface area contributed by atoms with E-state index in [0.29, 0.717) is 23.6 Å². The van der Waals surface area contributed by atoms with Gasteiger partial charge in [0.2, 0.25) is 0 Å². The van der Waals surface area contributed by atoms with Crippen LogP contribution < -0.4 is 0 Å². The van der Waals surface area contributed by atoms with Crippen molar-refractivity contribution in [2.45, 2.75) is 25.2 Å². The summed E-state index contributed by atoms with van der Waals surface area (Å²) in [4.78, 5) is 61.8. The Labute approximate surface area is 255 Å². The van der Waals surface area contributed by atoms with Crippen LogP contribution in [0.5, 0.6) is 0 Å². The van der Waals surface area contributed by atoms with E-state index in [4.69, 9.17) is 9.47 Å². The molecule has 2 aliphatic rings. The number of ketones is 1. The van der Waals surface area contributed by atoms with Crippen LogP contribution in [0.15, 0.2) is 104 Å². The zero-order chi connectivity index (χ0) is 30.7. The van der Waals surface area contributed by atoms with Crippen LogP contribution in [0.3, 0.4) is 0 Å². The van der Waals surface area contributed by atoms with Crippen molar-refractivity contribution >= 4 is 17.7 Å². The zero-order valence-corrected chi connectivity index (χ0v) is 24.6. The highest BCUT2D eigenvalue weighted by atomic mass is 16.5. The van der Waals surface area contributed by atoms with Crippen molar-refractivity contribution < 1.29 is 23.9 Å².